The third kappa shape index (κ3) is 4.80. The number of nitro groups is 1. The minimum Gasteiger partial charge on any atom is -0.489 e. The molecule has 0 radical (unpaired) electrons. The Morgan fingerprint density at radius 1 is 1.11 bits per heavy atom. The van der Waals surface area contributed by atoms with Crippen LogP contribution in [0.1, 0.15) is 16.7 Å². The van der Waals surface area contributed by atoms with Gasteiger partial charge in [-0.3, -0.25) is 10.1 Å². The predicted molar refractivity (Wildman–Crippen MR) is 104 cm³/mol. The van der Waals surface area contributed by atoms with Gasteiger partial charge in [0.25, 0.3) is 5.69 Å². The Kier molecular flexibility index (Phi) is 5.78. The van der Waals surface area contributed by atoms with Crippen LogP contribution in [0.4, 0.5) is 10.1 Å². The van der Waals surface area contributed by atoms with Gasteiger partial charge >= 0.3 is 0 Å². The molecular weight excluding hydrogens is 359 g/mol. The van der Waals surface area contributed by atoms with Crippen molar-refractivity contribution in [3.8, 4) is 11.8 Å². The Morgan fingerprint density at radius 3 is 2.46 bits per heavy atom. The van der Waals surface area contributed by atoms with E-state index in [4.69, 9.17) is 4.74 Å². The summed E-state index contributed by atoms with van der Waals surface area (Å²) in [5, 5.41) is 20.2. The van der Waals surface area contributed by atoms with Crippen molar-refractivity contribution in [3.63, 3.8) is 0 Å². The average molecular weight is 374 g/mol. The standard InChI is InChI=1S/C22H15FN2O3/c23-20-8-4-16(5-9-20)15-28-22-3-1-2-17(13-22)12-19(14-24)18-6-10-21(11-7-18)25(26)27/h1-13H,15H2. The number of allylic oxidation sites excluding steroid dienone is 1. The minimum atomic E-state index is -0.485. The third-order valence-corrected chi connectivity index (χ3v) is 4.00. The summed E-state index contributed by atoms with van der Waals surface area (Å²) in [6.45, 7) is 0.293. The van der Waals surface area contributed by atoms with Crippen molar-refractivity contribution >= 4 is 17.3 Å². The summed E-state index contributed by atoms with van der Waals surface area (Å²) in [6.07, 6.45) is 1.69. The van der Waals surface area contributed by atoms with E-state index in [0.717, 1.165) is 11.1 Å². The lowest BCUT2D eigenvalue weighted by Crippen LogP contribution is -1.95. The first-order valence-electron chi connectivity index (χ1n) is 8.39. The van der Waals surface area contributed by atoms with Crippen molar-refractivity contribution in [1.29, 1.82) is 5.26 Å². The molecular formula is C22H15FN2O3. The highest BCUT2D eigenvalue weighted by Crippen LogP contribution is 2.23. The minimum absolute atomic E-state index is 0.0303. The van der Waals surface area contributed by atoms with E-state index < -0.39 is 4.92 Å². The number of hydrogen-bond donors (Lipinski definition) is 0. The number of nitriles is 1. The summed E-state index contributed by atoms with van der Waals surface area (Å²) >= 11 is 0. The normalized spacial score (nSPS) is 10.9. The highest BCUT2D eigenvalue weighted by molar-refractivity contribution is 5.89. The van der Waals surface area contributed by atoms with Gasteiger partial charge in [-0.15, -0.1) is 0 Å². The average Bonchev–Trinajstić information content (AvgIpc) is 2.72. The van der Waals surface area contributed by atoms with Crippen LogP contribution in [0.25, 0.3) is 11.6 Å². The van der Waals surface area contributed by atoms with Crippen molar-refractivity contribution in [1.82, 2.24) is 0 Å². The second kappa shape index (κ2) is 8.60. The van der Waals surface area contributed by atoms with Crippen LogP contribution in [-0.2, 0) is 6.61 Å². The van der Waals surface area contributed by atoms with E-state index in [1.54, 1.807) is 48.5 Å². The lowest BCUT2D eigenvalue weighted by atomic mass is 10.0. The van der Waals surface area contributed by atoms with Gasteiger partial charge < -0.3 is 4.74 Å². The largest absolute Gasteiger partial charge is 0.489 e. The SMILES string of the molecule is N#CC(=Cc1cccc(OCc2ccc(F)cc2)c1)c1ccc([N+](=O)[O-])cc1. The topological polar surface area (TPSA) is 76.2 Å². The number of rotatable bonds is 6. The maximum absolute atomic E-state index is 13.0. The highest BCUT2D eigenvalue weighted by atomic mass is 19.1. The molecule has 3 aromatic carbocycles. The molecule has 5 nitrogen and oxygen atoms in total. The van der Waals surface area contributed by atoms with Crippen molar-refractivity contribution in [2.45, 2.75) is 6.61 Å². The molecule has 138 valence electrons. The molecule has 0 unspecified atom stereocenters. The maximum atomic E-state index is 13.0. The highest BCUT2D eigenvalue weighted by Gasteiger charge is 2.07. The van der Waals surface area contributed by atoms with Gasteiger partial charge in [0, 0.05) is 12.1 Å². The zero-order chi connectivity index (χ0) is 19.9. The van der Waals surface area contributed by atoms with Crippen LogP contribution in [0.3, 0.4) is 0 Å². The molecule has 0 aliphatic heterocycles. The molecule has 0 amide bonds. The molecule has 6 heteroatoms. The first-order valence-corrected chi connectivity index (χ1v) is 8.39. The van der Waals surface area contributed by atoms with Gasteiger partial charge in [-0.2, -0.15) is 5.26 Å². The fourth-order valence-corrected chi connectivity index (χ4v) is 2.55. The van der Waals surface area contributed by atoms with Gasteiger partial charge in [0.15, 0.2) is 0 Å². The Morgan fingerprint density at radius 2 is 1.82 bits per heavy atom. The Hall–Kier alpha value is -3.98. The van der Waals surface area contributed by atoms with Crippen LogP contribution in [0.2, 0.25) is 0 Å². The molecule has 28 heavy (non-hydrogen) atoms. The Labute approximate surface area is 161 Å². The van der Waals surface area contributed by atoms with Crippen molar-refractivity contribution in [3.05, 3.63) is 105 Å². The maximum Gasteiger partial charge on any atom is 0.269 e. The zero-order valence-corrected chi connectivity index (χ0v) is 14.7. The van der Waals surface area contributed by atoms with Crippen LogP contribution in [-0.4, -0.2) is 4.92 Å². The quantitative estimate of drug-likeness (QED) is 0.251. The smallest absolute Gasteiger partial charge is 0.269 e. The summed E-state index contributed by atoms with van der Waals surface area (Å²) in [7, 11) is 0. The second-order valence-electron chi connectivity index (χ2n) is 5.96. The van der Waals surface area contributed by atoms with Gasteiger partial charge in [-0.1, -0.05) is 24.3 Å². The van der Waals surface area contributed by atoms with Crippen LogP contribution in [0, 0.1) is 27.3 Å². The summed E-state index contributed by atoms with van der Waals surface area (Å²) in [5.74, 6) is 0.310. The van der Waals surface area contributed by atoms with E-state index in [9.17, 15) is 19.8 Å². The van der Waals surface area contributed by atoms with E-state index in [0.29, 0.717) is 23.5 Å². The summed E-state index contributed by atoms with van der Waals surface area (Å²) in [5.41, 5.74) is 2.53. The van der Waals surface area contributed by atoms with E-state index in [1.807, 2.05) is 6.07 Å². The first kappa shape index (κ1) is 18.8. The van der Waals surface area contributed by atoms with E-state index in [2.05, 4.69) is 6.07 Å². The van der Waals surface area contributed by atoms with Gasteiger partial charge in [0.2, 0.25) is 0 Å². The lowest BCUT2D eigenvalue weighted by Gasteiger charge is -2.07. The molecule has 0 bridgehead atoms. The van der Waals surface area contributed by atoms with Gasteiger partial charge in [-0.25, -0.2) is 4.39 Å². The van der Waals surface area contributed by atoms with Gasteiger partial charge in [0.05, 0.1) is 16.6 Å². The molecule has 0 saturated carbocycles. The van der Waals surface area contributed by atoms with Crippen molar-refractivity contribution in [2.75, 3.05) is 0 Å². The van der Waals surface area contributed by atoms with Crippen LogP contribution < -0.4 is 4.74 Å². The molecule has 0 aliphatic carbocycles. The summed E-state index contributed by atoms with van der Waals surface area (Å²) in [4.78, 5) is 10.3. The molecule has 0 atom stereocenters. The van der Waals surface area contributed by atoms with Gasteiger partial charge in [0.1, 0.15) is 18.2 Å². The number of nitrogens with zero attached hydrogens (tertiary/aromatic N) is 2. The predicted octanol–water partition coefficient (Wildman–Crippen LogP) is 5.38. The van der Waals surface area contributed by atoms with Crippen LogP contribution in [0.15, 0.2) is 72.8 Å². The molecule has 3 rings (SSSR count). The van der Waals surface area contributed by atoms with Crippen LogP contribution in [0.5, 0.6) is 5.75 Å². The summed E-state index contributed by atoms with van der Waals surface area (Å²) in [6, 6.07) is 21.2. The van der Waals surface area contributed by atoms with Crippen LogP contribution >= 0.6 is 0 Å². The zero-order valence-electron chi connectivity index (χ0n) is 14.7. The molecule has 0 spiro atoms. The van der Waals surface area contributed by atoms with Gasteiger partial charge in [-0.05, 0) is 59.2 Å². The number of non-ortho nitro benzene ring substituents is 1. The van der Waals surface area contributed by atoms with E-state index in [-0.39, 0.29) is 11.5 Å². The fraction of sp³-hybridized carbons (Fsp3) is 0.0455. The third-order valence-electron chi connectivity index (χ3n) is 4.00. The molecule has 0 aromatic heterocycles. The molecule has 0 aliphatic rings. The Balaban J connectivity index is 1.76. The van der Waals surface area contributed by atoms with Crippen molar-refractivity contribution < 1.29 is 14.1 Å². The number of halogens is 1. The molecule has 0 heterocycles. The number of benzene rings is 3. The molecule has 0 saturated heterocycles. The summed E-state index contributed by atoms with van der Waals surface area (Å²) < 4.78 is 18.7. The Bertz CT molecular complexity index is 1050. The number of nitro benzene ring substituents is 1. The van der Waals surface area contributed by atoms with E-state index >= 15 is 0 Å². The number of hydrogen-bond acceptors (Lipinski definition) is 4. The van der Waals surface area contributed by atoms with Crippen molar-refractivity contribution in [2.24, 2.45) is 0 Å². The second-order valence-corrected chi connectivity index (χ2v) is 5.96. The first-order chi connectivity index (χ1) is 13.5. The molecule has 0 fully saturated rings. The lowest BCUT2D eigenvalue weighted by molar-refractivity contribution is -0.384. The monoisotopic (exact) mass is 374 g/mol. The number of ether oxygens (including phenoxy) is 1. The fourth-order valence-electron chi connectivity index (χ4n) is 2.55. The molecule has 3 aromatic rings. The van der Waals surface area contributed by atoms with E-state index in [1.165, 1.54) is 24.3 Å². The molecule has 0 N–H and O–H groups in total.